The molecule has 0 aliphatic heterocycles. The zero-order chi connectivity index (χ0) is 25.9. The number of benzene rings is 1. The van der Waals surface area contributed by atoms with E-state index < -0.39 is 0 Å². The van der Waals surface area contributed by atoms with Crippen LogP contribution in [0, 0.1) is 0 Å². The Kier molecular flexibility index (Phi) is 22.4. The molecule has 0 atom stereocenters. The van der Waals surface area contributed by atoms with E-state index in [1.807, 2.05) is 12.1 Å². The van der Waals surface area contributed by atoms with E-state index in [1.54, 1.807) is 12.1 Å². The number of carbonyl (C=O) groups excluding carboxylic acids is 1. The molecule has 1 amide bonds. The van der Waals surface area contributed by atoms with Crippen LogP contribution in [0.1, 0.15) is 148 Å². The van der Waals surface area contributed by atoms with Crippen molar-refractivity contribution < 1.29 is 9.90 Å². The van der Waals surface area contributed by atoms with Crippen LogP contribution in [0.3, 0.4) is 0 Å². The Labute approximate surface area is 223 Å². The zero-order valence-electron chi connectivity index (χ0n) is 23.6. The summed E-state index contributed by atoms with van der Waals surface area (Å²) in [6.07, 6.45) is 28.2. The summed E-state index contributed by atoms with van der Waals surface area (Å²) in [6, 6.07) is 7.27. The molecule has 208 valence electrons. The van der Waals surface area contributed by atoms with Gasteiger partial charge in [0.15, 0.2) is 0 Å². The van der Waals surface area contributed by atoms with Crippen molar-refractivity contribution in [3.8, 4) is 5.75 Å². The largest absolute Gasteiger partial charge is 0.508 e. The van der Waals surface area contributed by atoms with Crippen molar-refractivity contribution in [1.29, 1.82) is 0 Å². The lowest BCUT2D eigenvalue weighted by Crippen LogP contribution is -2.23. The Morgan fingerprint density at radius 3 is 1.50 bits per heavy atom. The monoisotopic (exact) mass is 502 g/mol. The lowest BCUT2D eigenvalue weighted by Gasteiger charge is -2.07. The molecule has 0 heterocycles. The van der Waals surface area contributed by atoms with Crippen LogP contribution in [0.5, 0.6) is 5.75 Å². The first-order chi connectivity index (χ1) is 17.7. The normalized spacial score (nSPS) is 11.0. The molecule has 0 bridgehead atoms. The zero-order valence-corrected chi connectivity index (χ0v) is 23.6. The van der Waals surface area contributed by atoms with Crippen LogP contribution in [-0.2, 0) is 4.79 Å². The second-order valence-electron chi connectivity index (χ2n) is 10.6. The second-order valence-corrected chi connectivity index (χ2v) is 10.6. The smallest absolute Gasteiger partial charge is 0.219 e. The van der Waals surface area contributed by atoms with Crippen molar-refractivity contribution in [2.75, 3.05) is 18.4 Å². The Morgan fingerprint density at radius 1 is 0.583 bits per heavy atom. The van der Waals surface area contributed by atoms with Gasteiger partial charge in [0, 0.05) is 25.2 Å². The molecule has 0 saturated carbocycles. The highest BCUT2D eigenvalue weighted by Gasteiger charge is 2.01. The number of hydrogen-bond donors (Lipinski definition) is 3. The Bertz CT molecular complexity index is 603. The highest BCUT2D eigenvalue weighted by atomic mass is 16.3. The average molecular weight is 503 g/mol. The topological polar surface area (TPSA) is 61.4 Å². The maximum absolute atomic E-state index is 12.0. The van der Waals surface area contributed by atoms with Crippen LogP contribution in [-0.4, -0.2) is 24.1 Å². The number of rotatable bonds is 26. The van der Waals surface area contributed by atoms with E-state index in [0.29, 0.717) is 12.2 Å². The van der Waals surface area contributed by atoms with E-state index in [-0.39, 0.29) is 5.91 Å². The molecule has 4 nitrogen and oxygen atoms in total. The van der Waals surface area contributed by atoms with E-state index in [2.05, 4.69) is 17.6 Å². The van der Waals surface area contributed by atoms with E-state index in [1.165, 1.54) is 122 Å². The van der Waals surface area contributed by atoms with Gasteiger partial charge in [-0.15, -0.1) is 0 Å². The average Bonchev–Trinajstić information content (AvgIpc) is 2.88. The van der Waals surface area contributed by atoms with Gasteiger partial charge >= 0.3 is 0 Å². The number of unbranched alkanes of at least 4 members (excludes halogenated alkanes) is 19. The molecule has 0 saturated heterocycles. The highest BCUT2D eigenvalue weighted by Crippen LogP contribution is 2.15. The molecule has 4 heteroatoms. The molecule has 1 rings (SSSR count). The third-order valence-electron chi connectivity index (χ3n) is 7.13. The van der Waals surface area contributed by atoms with E-state index in [9.17, 15) is 9.90 Å². The van der Waals surface area contributed by atoms with Crippen LogP contribution in [0.25, 0.3) is 0 Å². The lowest BCUT2D eigenvalue weighted by atomic mass is 10.0. The number of phenolic OH excluding ortho intramolecular Hbond substituents is 1. The predicted molar refractivity (Wildman–Crippen MR) is 157 cm³/mol. The van der Waals surface area contributed by atoms with Gasteiger partial charge in [0.1, 0.15) is 5.75 Å². The van der Waals surface area contributed by atoms with Gasteiger partial charge in [0.2, 0.25) is 5.91 Å². The van der Waals surface area contributed by atoms with Gasteiger partial charge in [-0.25, -0.2) is 0 Å². The van der Waals surface area contributed by atoms with E-state index in [0.717, 1.165) is 31.6 Å². The molecule has 0 aliphatic rings. The van der Waals surface area contributed by atoms with Crippen molar-refractivity contribution >= 4 is 11.6 Å². The van der Waals surface area contributed by atoms with Crippen LogP contribution < -0.4 is 10.6 Å². The van der Waals surface area contributed by atoms with Crippen molar-refractivity contribution in [2.45, 2.75) is 148 Å². The summed E-state index contributed by atoms with van der Waals surface area (Å²) < 4.78 is 0. The van der Waals surface area contributed by atoms with Crippen molar-refractivity contribution in [3.05, 3.63) is 24.3 Å². The maximum Gasteiger partial charge on any atom is 0.219 e. The van der Waals surface area contributed by atoms with Crippen molar-refractivity contribution in [3.63, 3.8) is 0 Å². The molecule has 0 aliphatic carbocycles. The summed E-state index contributed by atoms with van der Waals surface area (Å²) in [5.41, 5.74) is 1.08. The summed E-state index contributed by atoms with van der Waals surface area (Å²) in [6.45, 7) is 4.12. The fourth-order valence-corrected chi connectivity index (χ4v) is 4.74. The first kappa shape index (κ1) is 32.3. The SMILES string of the molecule is CCCCCCCCCCCCCCC(=O)NCCCCCCCCCCCNc1ccc(O)cc1. The molecule has 0 spiro atoms. The van der Waals surface area contributed by atoms with Crippen molar-refractivity contribution in [2.24, 2.45) is 0 Å². The van der Waals surface area contributed by atoms with Crippen LogP contribution in [0.4, 0.5) is 5.69 Å². The molecule has 0 radical (unpaired) electrons. The van der Waals surface area contributed by atoms with Gasteiger partial charge in [0.25, 0.3) is 0 Å². The minimum absolute atomic E-state index is 0.252. The summed E-state index contributed by atoms with van der Waals surface area (Å²) in [4.78, 5) is 12.0. The molecule has 3 N–H and O–H groups in total. The third-order valence-corrected chi connectivity index (χ3v) is 7.13. The number of carbonyl (C=O) groups is 1. The number of nitrogens with one attached hydrogen (secondary N) is 2. The molecular formula is C32H58N2O2. The Balaban J connectivity index is 1.72. The van der Waals surface area contributed by atoms with Gasteiger partial charge in [-0.2, -0.15) is 0 Å². The predicted octanol–water partition coefficient (Wildman–Crippen LogP) is 9.52. The fraction of sp³-hybridized carbons (Fsp3) is 0.781. The van der Waals surface area contributed by atoms with E-state index >= 15 is 0 Å². The van der Waals surface area contributed by atoms with Gasteiger partial charge in [-0.3, -0.25) is 4.79 Å². The summed E-state index contributed by atoms with van der Waals surface area (Å²) in [5.74, 6) is 0.567. The Hall–Kier alpha value is -1.71. The van der Waals surface area contributed by atoms with Crippen LogP contribution in [0.15, 0.2) is 24.3 Å². The molecule has 0 fully saturated rings. The second kappa shape index (κ2) is 25.0. The number of phenols is 1. The van der Waals surface area contributed by atoms with Crippen molar-refractivity contribution in [1.82, 2.24) is 5.32 Å². The minimum Gasteiger partial charge on any atom is -0.508 e. The van der Waals surface area contributed by atoms with Gasteiger partial charge in [-0.1, -0.05) is 122 Å². The molecule has 1 aromatic carbocycles. The number of anilines is 1. The number of amides is 1. The molecule has 0 unspecified atom stereocenters. The minimum atomic E-state index is 0.252. The van der Waals surface area contributed by atoms with Gasteiger partial charge in [-0.05, 0) is 43.5 Å². The molecular weight excluding hydrogens is 444 g/mol. The van der Waals surface area contributed by atoms with Gasteiger partial charge < -0.3 is 15.7 Å². The van der Waals surface area contributed by atoms with Crippen LogP contribution in [0.2, 0.25) is 0 Å². The lowest BCUT2D eigenvalue weighted by molar-refractivity contribution is -0.121. The quantitative estimate of drug-likeness (QED) is 0.0873. The summed E-state index contributed by atoms with van der Waals surface area (Å²) in [5, 5.41) is 15.8. The van der Waals surface area contributed by atoms with E-state index in [4.69, 9.17) is 0 Å². The molecule has 36 heavy (non-hydrogen) atoms. The van der Waals surface area contributed by atoms with Crippen LogP contribution >= 0.6 is 0 Å². The fourth-order valence-electron chi connectivity index (χ4n) is 4.74. The molecule has 1 aromatic rings. The maximum atomic E-state index is 12.0. The number of hydrogen-bond acceptors (Lipinski definition) is 3. The highest BCUT2D eigenvalue weighted by molar-refractivity contribution is 5.75. The standard InChI is InChI=1S/C32H58N2O2/c1-2-3-4-5-6-7-8-9-11-14-17-20-23-32(36)34-29-22-19-16-13-10-12-15-18-21-28-33-30-24-26-31(35)27-25-30/h24-27,33,35H,2-23,28-29H2,1H3,(H,34,36). The third kappa shape index (κ3) is 21.6. The number of aromatic hydroxyl groups is 1. The first-order valence-electron chi connectivity index (χ1n) is 15.5. The first-order valence-corrected chi connectivity index (χ1v) is 15.5. The summed E-state index contributed by atoms with van der Waals surface area (Å²) in [7, 11) is 0. The molecule has 0 aromatic heterocycles. The Morgan fingerprint density at radius 2 is 1.00 bits per heavy atom. The summed E-state index contributed by atoms with van der Waals surface area (Å²) >= 11 is 0. The van der Waals surface area contributed by atoms with Gasteiger partial charge in [0.05, 0.1) is 0 Å².